The minimum Gasteiger partial charge on any atom is -0.279 e. The minimum absolute atomic E-state index is 0.0154. The van der Waals surface area contributed by atoms with Crippen molar-refractivity contribution in [2.45, 2.75) is 24.9 Å². The van der Waals surface area contributed by atoms with Crippen molar-refractivity contribution in [2.24, 2.45) is 4.99 Å². The Bertz CT molecular complexity index is 1140. The minimum atomic E-state index is -0.289. The fraction of sp³-hybridized carbons (Fsp3) is 0.160. The van der Waals surface area contributed by atoms with E-state index in [4.69, 9.17) is 11.6 Å². The zero-order valence-electron chi connectivity index (χ0n) is 16.0. The molecule has 0 bridgehead atoms. The summed E-state index contributed by atoms with van der Waals surface area (Å²) in [6.45, 7) is 4.64. The number of nitrogens with two attached hydrogens (primary N) is 1. The van der Waals surface area contributed by atoms with E-state index in [9.17, 15) is 0 Å². The first-order valence-electron chi connectivity index (χ1n) is 9.62. The predicted octanol–water partition coefficient (Wildman–Crippen LogP) is 5.17. The third-order valence-electron chi connectivity index (χ3n) is 5.91. The number of hydrogen-bond acceptors (Lipinski definition) is 1. The molecule has 1 aliphatic heterocycles. The molecular weight excluding hydrogens is 364 g/mol. The van der Waals surface area contributed by atoms with E-state index in [0.717, 1.165) is 11.3 Å². The van der Waals surface area contributed by atoms with Crippen LogP contribution in [-0.4, -0.2) is 11.8 Å². The average Bonchev–Trinajstić information content (AvgIpc) is 2.95. The Balaban J connectivity index is 1.58. The second-order valence-corrected chi connectivity index (χ2v) is 8.42. The Labute approximate surface area is 170 Å². The van der Waals surface area contributed by atoms with Gasteiger partial charge in [0.1, 0.15) is 5.70 Å². The van der Waals surface area contributed by atoms with Gasteiger partial charge in [-0.3, -0.25) is 5.32 Å². The first-order chi connectivity index (χ1) is 13.5. The van der Waals surface area contributed by atoms with Gasteiger partial charge >= 0.3 is 0 Å². The molecule has 0 aromatic heterocycles. The van der Waals surface area contributed by atoms with E-state index in [0.29, 0.717) is 0 Å². The van der Waals surface area contributed by atoms with Crippen molar-refractivity contribution in [3.63, 3.8) is 0 Å². The molecule has 3 aromatic carbocycles. The maximum Gasteiger partial charge on any atom is 0.262 e. The maximum absolute atomic E-state index is 6.16. The number of fused-ring (bicyclic) bond motifs is 3. The molecule has 3 heteroatoms. The largest absolute Gasteiger partial charge is 0.279 e. The molecule has 1 unspecified atom stereocenters. The Kier molecular flexibility index (Phi) is 4.01. The van der Waals surface area contributed by atoms with E-state index in [1.807, 2.05) is 11.4 Å². The summed E-state index contributed by atoms with van der Waals surface area (Å²) in [6.07, 6.45) is 3.80. The molecule has 1 atom stereocenters. The highest BCUT2D eigenvalue weighted by molar-refractivity contribution is 6.20. The highest BCUT2D eigenvalue weighted by atomic mass is 35.5. The first kappa shape index (κ1) is 17.4. The molecule has 138 valence electrons. The summed E-state index contributed by atoms with van der Waals surface area (Å²) < 4.78 is 0. The van der Waals surface area contributed by atoms with Crippen molar-refractivity contribution in [2.75, 3.05) is 0 Å². The molecule has 0 saturated heterocycles. The number of hydrogen-bond donors (Lipinski definition) is 1. The quantitative estimate of drug-likeness (QED) is 0.465. The van der Waals surface area contributed by atoms with E-state index in [2.05, 4.69) is 85.6 Å². The van der Waals surface area contributed by atoms with E-state index in [1.165, 1.54) is 33.4 Å². The lowest BCUT2D eigenvalue weighted by Crippen LogP contribution is -2.85. The van der Waals surface area contributed by atoms with Crippen LogP contribution in [0.15, 0.2) is 77.8 Å². The molecule has 0 saturated carbocycles. The van der Waals surface area contributed by atoms with Crippen molar-refractivity contribution in [3.05, 3.63) is 89.5 Å². The van der Waals surface area contributed by atoms with Gasteiger partial charge in [-0.15, -0.1) is 0 Å². The molecule has 0 fully saturated rings. The molecule has 3 aromatic rings. The van der Waals surface area contributed by atoms with Gasteiger partial charge in [0.05, 0.1) is 0 Å². The van der Waals surface area contributed by atoms with Crippen molar-refractivity contribution in [1.82, 2.24) is 0 Å². The van der Waals surface area contributed by atoms with E-state index in [1.54, 1.807) is 6.21 Å². The molecule has 0 amide bonds. The maximum atomic E-state index is 6.16. The van der Waals surface area contributed by atoms with Crippen LogP contribution in [0.3, 0.4) is 0 Å². The Morgan fingerprint density at radius 3 is 2.43 bits per heavy atom. The molecule has 2 N–H and O–H groups in total. The van der Waals surface area contributed by atoms with Crippen LogP contribution in [0, 0.1) is 0 Å². The summed E-state index contributed by atoms with van der Waals surface area (Å²) in [5, 5.41) is 1.99. The summed E-state index contributed by atoms with van der Waals surface area (Å²) in [7, 11) is 0. The average molecular weight is 386 g/mol. The fourth-order valence-electron chi connectivity index (χ4n) is 4.41. The topological polar surface area (TPSA) is 29.0 Å². The van der Waals surface area contributed by atoms with Gasteiger partial charge in [-0.05, 0) is 63.2 Å². The van der Waals surface area contributed by atoms with Crippen LogP contribution in [-0.2, 0) is 5.41 Å². The Morgan fingerprint density at radius 2 is 1.57 bits per heavy atom. The number of alkyl halides is 1. The van der Waals surface area contributed by atoms with Crippen LogP contribution in [0.1, 0.15) is 30.5 Å². The second-order valence-electron chi connectivity index (χ2n) is 7.97. The summed E-state index contributed by atoms with van der Waals surface area (Å²) in [5.41, 5.74) is 9.98. The van der Waals surface area contributed by atoms with Gasteiger partial charge in [-0.25, -0.2) is 4.99 Å². The van der Waals surface area contributed by atoms with Crippen molar-refractivity contribution < 1.29 is 5.32 Å². The van der Waals surface area contributed by atoms with E-state index >= 15 is 0 Å². The highest BCUT2D eigenvalue weighted by Gasteiger charge is 2.35. The highest BCUT2D eigenvalue weighted by Crippen LogP contribution is 2.49. The number of nitrogens with zero attached hydrogens (tertiary/aromatic N) is 1. The molecule has 2 aliphatic rings. The number of aliphatic imine (C=N–C) groups is 1. The van der Waals surface area contributed by atoms with E-state index in [-0.39, 0.29) is 11.0 Å². The van der Waals surface area contributed by atoms with Crippen LogP contribution in [0.25, 0.3) is 28.0 Å². The monoisotopic (exact) mass is 385 g/mol. The lowest BCUT2D eigenvalue weighted by atomic mass is 9.81. The van der Waals surface area contributed by atoms with Crippen LogP contribution in [0.5, 0.6) is 0 Å². The van der Waals surface area contributed by atoms with Crippen LogP contribution < -0.4 is 5.32 Å². The third-order valence-corrected chi connectivity index (χ3v) is 6.15. The lowest BCUT2D eigenvalue weighted by Gasteiger charge is -2.22. The number of halogens is 1. The predicted molar refractivity (Wildman–Crippen MR) is 117 cm³/mol. The van der Waals surface area contributed by atoms with Crippen molar-refractivity contribution >= 4 is 23.5 Å². The number of rotatable bonds is 2. The molecule has 0 radical (unpaired) electrons. The fourth-order valence-corrected chi connectivity index (χ4v) is 4.61. The SMILES string of the molecule is CC1(C)c2ccccc2-c2ccc(-c3cccc(C4=CC=NC(Cl)[NH2+]4)c3)cc21. The van der Waals surface area contributed by atoms with Gasteiger partial charge in [-0.2, -0.15) is 0 Å². The summed E-state index contributed by atoms with van der Waals surface area (Å²) in [6, 6.07) is 24.3. The summed E-state index contributed by atoms with van der Waals surface area (Å²) >= 11 is 6.16. The second kappa shape index (κ2) is 6.44. The standard InChI is InChI=1S/C25H21ClN2/c1-25(2)21-9-4-3-8-19(21)20-11-10-17(15-22(20)25)16-6-5-7-18(14-16)23-12-13-27-24(26)28-23/h3-15,24,28H,1-2H3/p+1. The molecule has 1 heterocycles. The molecule has 5 rings (SSSR count). The smallest absolute Gasteiger partial charge is 0.262 e. The third kappa shape index (κ3) is 2.72. The molecule has 1 aliphatic carbocycles. The van der Waals surface area contributed by atoms with Gasteiger partial charge < -0.3 is 0 Å². The van der Waals surface area contributed by atoms with Crippen LogP contribution in [0.2, 0.25) is 0 Å². The molecule has 28 heavy (non-hydrogen) atoms. The molecular formula is C25H22ClN2+. The zero-order chi connectivity index (χ0) is 19.3. The Hall–Kier alpha value is -2.68. The van der Waals surface area contributed by atoms with Crippen LogP contribution >= 0.6 is 11.6 Å². The van der Waals surface area contributed by atoms with Gasteiger partial charge in [0.25, 0.3) is 5.62 Å². The normalized spacial score (nSPS) is 19.1. The van der Waals surface area contributed by atoms with Crippen molar-refractivity contribution in [1.29, 1.82) is 0 Å². The Morgan fingerprint density at radius 1 is 0.821 bits per heavy atom. The number of allylic oxidation sites excluding steroid dienone is 1. The zero-order valence-corrected chi connectivity index (χ0v) is 16.7. The number of quaternary nitrogens is 1. The number of benzene rings is 3. The molecule has 2 nitrogen and oxygen atoms in total. The van der Waals surface area contributed by atoms with Gasteiger partial charge in [0.15, 0.2) is 0 Å². The van der Waals surface area contributed by atoms with Gasteiger partial charge in [-0.1, -0.05) is 62.4 Å². The molecule has 0 spiro atoms. The lowest BCUT2D eigenvalue weighted by molar-refractivity contribution is -0.579. The van der Waals surface area contributed by atoms with Gasteiger partial charge in [0, 0.05) is 23.3 Å². The van der Waals surface area contributed by atoms with Crippen LogP contribution in [0.4, 0.5) is 0 Å². The first-order valence-corrected chi connectivity index (χ1v) is 10.1. The summed E-state index contributed by atoms with van der Waals surface area (Å²) in [5.74, 6) is 0. The summed E-state index contributed by atoms with van der Waals surface area (Å²) in [4.78, 5) is 4.17. The van der Waals surface area contributed by atoms with Crippen molar-refractivity contribution in [3.8, 4) is 22.3 Å². The van der Waals surface area contributed by atoms with Gasteiger partial charge in [0.2, 0.25) is 0 Å². The van der Waals surface area contributed by atoms with E-state index < -0.39 is 0 Å².